The Hall–Kier alpha value is -1.75. The quantitative estimate of drug-likeness (QED) is 0.510. The van der Waals surface area contributed by atoms with E-state index in [2.05, 4.69) is 54.4 Å². The normalized spacial score (nSPS) is 13.0. The second-order valence-corrected chi connectivity index (χ2v) is 5.99. The first-order chi connectivity index (χ1) is 11.6. The van der Waals surface area contributed by atoms with Crippen molar-refractivity contribution in [2.75, 3.05) is 40.3 Å². The van der Waals surface area contributed by atoms with E-state index in [9.17, 15) is 0 Å². The zero-order chi connectivity index (χ0) is 17.8. The summed E-state index contributed by atoms with van der Waals surface area (Å²) in [4.78, 5) is 7.01. The first kappa shape index (κ1) is 20.3. The Labute approximate surface area is 147 Å². The fraction of sp³-hybridized carbons (Fsp3) is 0.632. The van der Waals surface area contributed by atoms with Gasteiger partial charge in [-0.05, 0) is 45.4 Å². The lowest BCUT2D eigenvalue weighted by molar-refractivity contribution is 0.259. The number of aliphatic imine (C=N–C) groups is 1. The zero-order valence-electron chi connectivity index (χ0n) is 15.9. The molecule has 0 saturated heterocycles. The van der Waals surface area contributed by atoms with Gasteiger partial charge in [0.15, 0.2) is 5.96 Å². The van der Waals surface area contributed by atoms with Crippen molar-refractivity contribution < 1.29 is 4.74 Å². The van der Waals surface area contributed by atoms with Crippen molar-refractivity contribution in [2.24, 2.45) is 4.99 Å². The lowest BCUT2D eigenvalue weighted by atomic mass is 10.1. The topological polar surface area (TPSA) is 48.9 Å². The number of rotatable bonds is 10. The van der Waals surface area contributed by atoms with Crippen LogP contribution in [0.4, 0.5) is 0 Å². The predicted octanol–water partition coefficient (Wildman–Crippen LogP) is 2.52. The zero-order valence-corrected chi connectivity index (χ0v) is 15.9. The number of nitrogens with zero attached hydrogens (tertiary/aromatic N) is 2. The van der Waals surface area contributed by atoms with Gasteiger partial charge in [-0.1, -0.05) is 25.1 Å². The van der Waals surface area contributed by atoms with Crippen molar-refractivity contribution in [3.63, 3.8) is 0 Å². The molecule has 0 fully saturated rings. The molecule has 0 amide bonds. The molecule has 5 heteroatoms. The maximum Gasteiger partial charge on any atom is 0.191 e. The number of methoxy groups -OCH3 is 1. The monoisotopic (exact) mass is 334 g/mol. The van der Waals surface area contributed by atoms with E-state index >= 15 is 0 Å². The second-order valence-electron chi connectivity index (χ2n) is 5.99. The molecule has 0 aliphatic carbocycles. The van der Waals surface area contributed by atoms with Gasteiger partial charge in [0, 0.05) is 25.7 Å². The molecular formula is C19H34N4O. The molecule has 1 aromatic carbocycles. The molecule has 0 bridgehead atoms. The summed E-state index contributed by atoms with van der Waals surface area (Å²) in [5.74, 6) is 1.82. The Morgan fingerprint density at radius 1 is 1.25 bits per heavy atom. The summed E-state index contributed by atoms with van der Waals surface area (Å²) in [5.41, 5.74) is 1.21. The van der Waals surface area contributed by atoms with Crippen LogP contribution in [-0.2, 0) is 6.42 Å². The van der Waals surface area contributed by atoms with Crippen LogP contribution in [0.15, 0.2) is 29.3 Å². The maximum absolute atomic E-state index is 5.40. The van der Waals surface area contributed by atoms with Crippen LogP contribution in [0, 0.1) is 0 Å². The number of benzene rings is 1. The minimum Gasteiger partial charge on any atom is -0.496 e. The number of para-hydroxylation sites is 1. The molecular weight excluding hydrogens is 300 g/mol. The van der Waals surface area contributed by atoms with Gasteiger partial charge in [-0.25, -0.2) is 0 Å². The molecule has 1 unspecified atom stereocenters. The van der Waals surface area contributed by atoms with E-state index < -0.39 is 0 Å². The van der Waals surface area contributed by atoms with Gasteiger partial charge in [-0.3, -0.25) is 4.99 Å². The average Bonchev–Trinajstić information content (AvgIpc) is 2.61. The summed E-state index contributed by atoms with van der Waals surface area (Å²) in [6.45, 7) is 10.0. The van der Waals surface area contributed by atoms with Crippen molar-refractivity contribution in [2.45, 2.75) is 39.7 Å². The molecule has 2 N–H and O–H groups in total. The van der Waals surface area contributed by atoms with Crippen LogP contribution in [0.3, 0.4) is 0 Å². The number of likely N-dealkylation sites (N-methyl/N-ethyl adjacent to an activating group) is 1. The van der Waals surface area contributed by atoms with Gasteiger partial charge in [0.1, 0.15) is 5.75 Å². The summed E-state index contributed by atoms with van der Waals surface area (Å²) < 4.78 is 5.40. The molecule has 0 aliphatic rings. The van der Waals surface area contributed by atoms with Crippen molar-refractivity contribution in [3.8, 4) is 5.75 Å². The number of hydrogen-bond acceptors (Lipinski definition) is 3. The summed E-state index contributed by atoms with van der Waals surface area (Å²) in [6, 6.07) is 8.74. The Kier molecular flexibility index (Phi) is 9.92. The first-order valence-electron chi connectivity index (χ1n) is 8.96. The van der Waals surface area contributed by atoms with Crippen LogP contribution in [0.1, 0.15) is 32.8 Å². The van der Waals surface area contributed by atoms with Crippen LogP contribution in [0.2, 0.25) is 0 Å². The summed E-state index contributed by atoms with van der Waals surface area (Å²) in [5, 5.41) is 6.71. The molecule has 0 aliphatic heterocycles. The van der Waals surface area contributed by atoms with Crippen molar-refractivity contribution in [1.82, 2.24) is 15.5 Å². The minimum absolute atomic E-state index is 0.598. The van der Waals surface area contributed by atoms with Gasteiger partial charge >= 0.3 is 0 Å². The Balaban J connectivity index is 2.46. The van der Waals surface area contributed by atoms with Gasteiger partial charge < -0.3 is 20.3 Å². The Morgan fingerprint density at radius 3 is 2.67 bits per heavy atom. The molecule has 1 aromatic rings. The van der Waals surface area contributed by atoms with E-state index in [1.165, 1.54) is 5.56 Å². The van der Waals surface area contributed by atoms with Gasteiger partial charge in [0.25, 0.3) is 0 Å². The molecule has 24 heavy (non-hydrogen) atoms. The molecule has 1 rings (SSSR count). The highest BCUT2D eigenvalue weighted by atomic mass is 16.5. The highest BCUT2D eigenvalue weighted by Crippen LogP contribution is 2.17. The van der Waals surface area contributed by atoms with Gasteiger partial charge in [-0.2, -0.15) is 0 Å². The minimum atomic E-state index is 0.598. The lowest BCUT2D eigenvalue weighted by Crippen LogP contribution is -2.39. The number of nitrogens with one attached hydrogen (secondary N) is 2. The highest BCUT2D eigenvalue weighted by Gasteiger charge is 2.06. The summed E-state index contributed by atoms with van der Waals surface area (Å²) >= 11 is 0. The highest BCUT2D eigenvalue weighted by molar-refractivity contribution is 5.79. The fourth-order valence-corrected chi connectivity index (χ4v) is 2.42. The van der Waals surface area contributed by atoms with E-state index in [-0.39, 0.29) is 0 Å². The van der Waals surface area contributed by atoms with Crippen LogP contribution in [0.25, 0.3) is 0 Å². The Bertz CT molecular complexity index is 490. The second kappa shape index (κ2) is 11.7. The molecule has 0 radical (unpaired) electrons. The van der Waals surface area contributed by atoms with Crippen molar-refractivity contribution in [1.29, 1.82) is 0 Å². The molecule has 0 spiro atoms. The SMILES string of the molecule is CCNC(=NCCN(C)C(C)CC)NCCc1ccccc1OC. The lowest BCUT2D eigenvalue weighted by Gasteiger charge is -2.22. The smallest absolute Gasteiger partial charge is 0.191 e. The van der Waals surface area contributed by atoms with Crippen molar-refractivity contribution >= 4 is 5.96 Å². The third-order valence-corrected chi connectivity index (χ3v) is 4.29. The van der Waals surface area contributed by atoms with Crippen molar-refractivity contribution in [3.05, 3.63) is 29.8 Å². The van der Waals surface area contributed by atoms with E-state index in [0.29, 0.717) is 6.04 Å². The number of guanidine groups is 1. The molecule has 1 atom stereocenters. The summed E-state index contributed by atoms with van der Waals surface area (Å²) in [6.07, 6.45) is 2.07. The van der Waals surface area contributed by atoms with Gasteiger partial charge in [-0.15, -0.1) is 0 Å². The van der Waals surface area contributed by atoms with Crippen LogP contribution < -0.4 is 15.4 Å². The van der Waals surface area contributed by atoms with Gasteiger partial charge in [0.05, 0.1) is 13.7 Å². The third kappa shape index (κ3) is 7.21. The molecule has 0 aromatic heterocycles. The van der Waals surface area contributed by atoms with Crippen LogP contribution in [0.5, 0.6) is 5.75 Å². The van der Waals surface area contributed by atoms with E-state index in [1.54, 1.807) is 7.11 Å². The van der Waals surface area contributed by atoms with E-state index in [4.69, 9.17) is 4.74 Å². The summed E-state index contributed by atoms with van der Waals surface area (Å²) in [7, 11) is 3.87. The van der Waals surface area contributed by atoms with E-state index in [1.807, 2.05) is 18.2 Å². The molecule has 0 saturated carbocycles. The first-order valence-corrected chi connectivity index (χ1v) is 8.96. The average molecular weight is 335 g/mol. The molecule has 136 valence electrons. The fourth-order valence-electron chi connectivity index (χ4n) is 2.42. The number of ether oxygens (including phenoxy) is 1. The number of hydrogen-bond donors (Lipinski definition) is 2. The van der Waals surface area contributed by atoms with E-state index in [0.717, 1.165) is 50.7 Å². The maximum atomic E-state index is 5.40. The van der Waals surface area contributed by atoms with Crippen LogP contribution in [-0.4, -0.2) is 57.2 Å². The third-order valence-electron chi connectivity index (χ3n) is 4.29. The largest absolute Gasteiger partial charge is 0.496 e. The Morgan fingerprint density at radius 2 is 2.00 bits per heavy atom. The molecule has 5 nitrogen and oxygen atoms in total. The van der Waals surface area contributed by atoms with Crippen LogP contribution >= 0.6 is 0 Å². The molecule has 0 heterocycles. The standard InChI is InChI=1S/C19H34N4O/c1-6-16(3)23(4)15-14-22-19(20-7-2)21-13-12-17-10-8-9-11-18(17)24-5/h8-11,16H,6-7,12-15H2,1-5H3,(H2,20,21,22). The van der Waals surface area contributed by atoms with Gasteiger partial charge in [0.2, 0.25) is 0 Å². The predicted molar refractivity (Wildman–Crippen MR) is 103 cm³/mol.